The Morgan fingerprint density at radius 3 is 2.67 bits per heavy atom. The van der Waals surface area contributed by atoms with Gasteiger partial charge in [-0.05, 0) is 25.2 Å². The van der Waals surface area contributed by atoms with Gasteiger partial charge in [0.25, 0.3) is 0 Å². The molecule has 4 nitrogen and oxygen atoms in total. The third-order valence-electron chi connectivity index (χ3n) is 4.87. The van der Waals surface area contributed by atoms with E-state index < -0.39 is 11.5 Å². The normalized spacial score (nSPS) is 35.1. The average Bonchev–Trinajstić information content (AvgIpc) is 2.63. The summed E-state index contributed by atoms with van der Waals surface area (Å²) in [4.78, 5) is 14.1. The fourth-order valence-corrected chi connectivity index (χ4v) is 3.56. The van der Waals surface area contributed by atoms with Crippen LogP contribution in [0.25, 0.3) is 0 Å². The van der Waals surface area contributed by atoms with Gasteiger partial charge in [0.1, 0.15) is 5.54 Å². The van der Waals surface area contributed by atoms with Crippen LogP contribution in [0.4, 0.5) is 0 Å². The number of nitrogens with one attached hydrogen (secondary N) is 1. The summed E-state index contributed by atoms with van der Waals surface area (Å²) in [7, 11) is 0. The molecule has 2 unspecified atom stereocenters. The molecule has 0 radical (unpaired) electrons. The van der Waals surface area contributed by atoms with Crippen LogP contribution in [0.2, 0.25) is 0 Å². The third-order valence-corrected chi connectivity index (χ3v) is 4.87. The minimum atomic E-state index is -0.596. The summed E-state index contributed by atoms with van der Waals surface area (Å²) in [6.07, 6.45) is 6.20. The van der Waals surface area contributed by atoms with Crippen molar-refractivity contribution in [3.63, 3.8) is 0 Å². The van der Waals surface area contributed by atoms with Crippen LogP contribution in [-0.4, -0.2) is 47.7 Å². The molecule has 1 aliphatic heterocycles. The minimum Gasteiger partial charge on any atom is -0.480 e. The maximum absolute atomic E-state index is 11.9. The van der Waals surface area contributed by atoms with Gasteiger partial charge in [0.15, 0.2) is 0 Å². The zero-order chi connectivity index (χ0) is 13.0. The summed E-state index contributed by atoms with van der Waals surface area (Å²) in [5.74, 6) is 0.135. The van der Waals surface area contributed by atoms with Crippen molar-refractivity contribution >= 4 is 5.97 Å². The van der Waals surface area contributed by atoms with Crippen LogP contribution in [0, 0.1) is 5.92 Å². The van der Waals surface area contributed by atoms with Crippen molar-refractivity contribution in [1.29, 1.82) is 0 Å². The molecule has 0 aromatic rings. The number of nitrogens with zero attached hydrogens (tertiary/aromatic N) is 1. The second-order valence-corrected chi connectivity index (χ2v) is 5.78. The van der Waals surface area contributed by atoms with Gasteiger partial charge in [-0.3, -0.25) is 9.69 Å². The van der Waals surface area contributed by atoms with E-state index in [1.54, 1.807) is 0 Å². The molecule has 2 rings (SSSR count). The van der Waals surface area contributed by atoms with Gasteiger partial charge < -0.3 is 10.4 Å². The third kappa shape index (κ3) is 2.69. The Bertz CT molecular complexity index is 290. The topological polar surface area (TPSA) is 52.6 Å². The molecule has 1 heterocycles. The molecule has 4 heteroatoms. The predicted molar refractivity (Wildman–Crippen MR) is 71.7 cm³/mol. The number of hydrogen-bond acceptors (Lipinski definition) is 3. The monoisotopic (exact) mass is 254 g/mol. The number of carbonyl (C=O) groups is 1. The van der Waals surface area contributed by atoms with Crippen LogP contribution in [-0.2, 0) is 4.79 Å². The summed E-state index contributed by atoms with van der Waals surface area (Å²) in [5, 5.41) is 13.1. The van der Waals surface area contributed by atoms with E-state index in [4.69, 9.17) is 0 Å². The Labute approximate surface area is 110 Å². The van der Waals surface area contributed by atoms with E-state index in [1.165, 1.54) is 12.8 Å². The highest BCUT2D eigenvalue weighted by Crippen LogP contribution is 2.36. The van der Waals surface area contributed by atoms with Crippen LogP contribution < -0.4 is 5.32 Å². The molecule has 104 valence electrons. The summed E-state index contributed by atoms with van der Waals surface area (Å²) in [6, 6.07) is 0. The fourth-order valence-electron chi connectivity index (χ4n) is 3.56. The van der Waals surface area contributed by atoms with E-state index in [0.29, 0.717) is 0 Å². The lowest BCUT2D eigenvalue weighted by atomic mass is 9.87. The molecule has 0 amide bonds. The molecule has 1 saturated heterocycles. The molecular weight excluding hydrogens is 228 g/mol. The first-order valence-electron chi connectivity index (χ1n) is 7.38. The second kappa shape index (κ2) is 6.02. The van der Waals surface area contributed by atoms with Crippen LogP contribution in [0.5, 0.6) is 0 Å². The Hall–Kier alpha value is -0.610. The Balaban J connectivity index is 2.12. The van der Waals surface area contributed by atoms with Crippen molar-refractivity contribution in [3.8, 4) is 0 Å². The molecule has 0 aromatic heterocycles. The van der Waals surface area contributed by atoms with Crippen molar-refractivity contribution in [3.05, 3.63) is 0 Å². The van der Waals surface area contributed by atoms with Crippen LogP contribution in [0.3, 0.4) is 0 Å². The van der Waals surface area contributed by atoms with Crippen molar-refractivity contribution < 1.29 is 9.90 Å². The summed E-state index contributed by atoms with van der Waals surface area (Å²) < 4.78 is 0. The largest absolute Gasteiger partial charge is 0.480 e. The molecule has 0 spiro atoms. The molecule has 1 aliphatic carbocycles. The zero-order valence-electron chi connectivity index (χ0n) is 11.5. The van der Waals surface area contributed by atoms with Crippen molar-refractivity contribution in [2.24, 2.45) is 5.92 Å². The molecule has 2 fully saturated rings. The average molecular weight is 254 g/mol. The number of rotatable bonds is 3. The molecule has 2 atom stereocenters. The first-order chi connectivity index (χ1) is 8.69. The van der Waals surface area contributed by atoms with Gasteiger partial charge in [-0.25, -0.2) is 0 Å². The molecule has 0 aromatic carbocycles. The lowest BCUT2D eigenvalue weighted by Crippen LogP contribution is -2.60. The van der Waals surface area contributed by atoms with Gasteiger partial charge in [-0.1, -0.05) is 26.2 Å². The van der Waals surface area contributed by atoms with E-state index in [-0.39, 0.29) is 0 Å². The number of piperazine rings is 1. The number of carboxylic acids is 1. The van der Waals surface area contributed by atoms with Gasteiger partial charge in [-0.15, -0.1) is 0 Å². The minimum absolute atomic E-state index is 0.577. The van der Waals surface area contributed by atoms with Crippen LogP contribution in [0.15, 0.2) is 0 Å². The molecule has 0 bridgehead atoms. The van der Waals surface area contributed by atoms with Crippen molar-refractivity contribution in [1.82, 2.24) is 10.2 Å². The van der Waals surface area contributed by atoms with Crippen molar-refractivity contribution in [2.45, 2.75) is 51.0 Å². The number of carboxylic acid groups (broad SMARTS) is 1. The van der Waals surface area contributed by atoms with E-state index >= 15 is 0 Å². The summed E-state index contributed by atoms with van der Waals surface area (Å²) in [6.45, 7) is 5.83. The summed E-state index contributed by atoms with van der Waals surface area (Å²) >= 11 is 0. The van der Waals surface area contributed by atoms with E-state index in [9.17, 15) is 9.90 Å². The predicted octanol–water partition coefficient (Wildman–Crippen LogP) is 1.71. The number of aliphatic carboxylic acids is 1. The molecular formula is C14H26N2O2. The van der Waals surface area contributed by atoms with Crippen molar-refractivity contribution in [2.75, 3.05) is 26.2 Å². The van der Waals surface area contributed by atoms with Gasteiger partial charge >= 0.3 is 5.97 Å². The van der Waals surface area contributed by atoms with Crippen LogP contribution in [0.1, 0.15) is 45.4 Å². The van der Waals surface area contributed by atoms with Gasteiger partial charge in [0, 0.05) is 26.2 Å². The Kier molecular flexibility index (Phi) is 4.62. The SMILES string of the molecule is CCC1CCCC(C(=O)O)(N2CCNCC2)CC1. The quantitative estimate of drug-likeness (QED) is 0.753. The van der Waals surface area contributed by atoms with Gasteiger partial charge in [-0.2, -0.15) is 0 Å². The maximum Gasteiger partial charge on any atom is 0.324 e. The second-order valence-electron chi connectivity index (χ2n) is 5.78. The first-order valence-corrected chi connectivity index (χ1v) is 7.38. The highest BCUT2D eigenvalue weighted by Gasteiger charge is 2.45. The van der Waals surface area contributed by atoms with Gasteiger partial charge in [0.2, 0.25) is 0 Å². The lowest BCUT2D eigenvalue weighted by molar-refractivity contribution is -0.153. The Morgan fingerprint density at radius 2 is 2.06 bits per heavy atom. The fraction of sp³-hybridized carbons (Fsp3) is 0.929. The van der Waals surface area contributed by atoms with E-state index in [0.717, 1.165) is 57.8 Å². The molecule has 2 N–H and O–H groups in total. The summed E-state index contributed by atoms with van der Waals surface area (Å²) in [5.41, 5.74) is -0.577. The molecule has 1 saturated carbocycles. The highest BCUT2D eigenvalue weighted by molar-refractivity contribution is 5.78. The van der Waals surface area contributed by atoms with E-state index in [2.05, 4.69) is 17.1 Å². The smallest absolute Gasteiger partial charge is 0.324 e. The standard InChI is InChI=1S/C14H26N2O2/c1-2-12-4-3-6-14(7-5-12,13(17)18)16-10-8-15-9-11-16/h12,15H,2-11H2,1H3,(H,17,18). The Morgan fingerprint density at radius 1 is 1.33 bits per heavy atom. The molecule has 18 heavy (non-hydrogen) atoms. The number of hydrogen-bond donors (Lipinski definition) is 2. The first kappa shape index (κ1) is 13.8. The van der Waals surface area contributed by atoms with E-state index in [1.807, 2.05) is 0 Å². The van der Waals surface area contributed by atoms with Crippen LogP contribution >= 0.6 is 0 Å². The lowest BCUT2D eigenvalue weighted by Gasteiger charge is -2.42. The zero-order valence-corrected chi connectivity index (χ0v) is 11.5. The van der Waals surface area contributed by atoms with Gasteiger partial charge in [0.05, 0.1) is 0 Å². The highest BCUT2D eigenvalue weighted by atomic mass is 16.4. The molecule has 2 aliphatic rings. The maximum atomic E-state index is 11.9.